The summed E-state index contributed by atoms with van der Waals surface area (Å²) < 4.78 is 0. The third kappa shape index (κ3) is 1.05. The maximum absolute atomic E-state index is 9.13. The number of aliphatic hydroxyl groups is 1. The van der Waals surface area contributed by atoms with Crippen LogP contribution in [-0.2, 0) is 5.54 Å². The van der Waals surface area contributed by atoms with Crippen LogP contribution in [0.2, 0.25) is 0 Å². The minimum absolute atomic E-state index is 0.0248. The molecule has 0 amide bonds. The van der Waals surface area contributed by atoms with Gasteiger partial charge in [0.2, 0.25) is 0 Å². The van der Waals surface area contributed by atoms with Crippen LogP contribution in [0.25, 0.3) is 0 Å². The van der Waals surface area contributed by atoms with E-state index >= 15 is 0 Å². The first-order valence-electron chi connectivity index (χ1n) is 3.88. The van der Waals surface area contributed by atoms with Crippen LogP contribution in [0.1, 0.15) is 5.56 Å². The highest BCUT2D eigenvalue weighted by atomic mass is 32.2. The summed E-state index contributed by atoms with van der Waals surface area (Å²) in [6.07, 6.45) is 0. The first-order chi connectivity index (χ1) is 5.76. The molecule has 3 N–H and O–H groups in total. The van der Waals surface area contributed by atoms with E-state index in [-0.39, 0.29) is 6.61 Å². The highest BCUT2D eigenvalue weighted by Crippen LogP contribution is 2.40. The van der Waals surface area contributed by atoms with Crippen molar-refractivity contribution in [2.75, 3.05) is 12.4 Å². The lowest BCUT2D eigenvalue weighted by Gasteiger charge is -2.20. The van der Waals surface area contributed by atoms with Crippen LogP contribution in [0.4, 0.5) is 0 Å². The van der Waals surface area contributed by atoms with Gasteiger partial charge in [0.1, 0.15) is 0 Å². The van der Waals surface area contributed by atoms with Gasteiger partial charge in [-0.05, 0) is 11.6 Å². The molecule has 2 nitrogen and oxygen atoms in total. The zero-order chi connectivity index (χ0) is 8.60. The molecule has 1 heterocycles. The number of aliphatic hydroxyl groups excluding tert-OH is 1. The summed E-state index contributed by atoms with van der Waals surface area (Å²) >= 11 is 1.71. The van der Waals surface area contributed by atoms with Gasteiger partial charge >= 0.3 is 0 Å². The van der Waals surface area contributed by atoms with E-state index in [1.807, 2.05) is 24.3 Å². The van der Waals surface area contributed by atoms with E-state index < -0.39 is 5.54 Å². The third-order valence-electron chi connectivity index (χ3n) is 2.19. The Morgan fingerprint density at radius 1 is 1.50 bits per heavy atom. The highest BCUT2D eigenvalue weighted by Gasteiger charge is 2.34. The van der Waals surface area contributed by atoms with E-state index in [2.05, 4.69) is 0 Å². The van der Waals surface area contributed by atoms with Crippen LogP contribution >= 0.6 is 11.8 Å². The quantitative estimate of drug-likeness (QED) is 0.677. The Kier molecular flexibility index (Phi) is 1.87. The van der Waals surface area contributed by atoms with Crippen molar-refractivity contribution >= 4 is 11.8 Å². The Balaban J connectivity index is 2.49. The first-order valence-corrected chi connectivity index (χ1v) is 4.87. The number of thioether (sulfide) groups is 1. The van der Waals surface area contributed by atoms with Gasteiger partial charge in [0.25, 0.3) is 0 Å². The number of nitrogens with two attached hydrogens (primary N) is 1. The topological polar surface area (TPSA) is 46.2 Å². The molecular formula is C9H11NOS. The highest BCUT2D eigenvalue weighted by molar-refractivity contribution is 7.99. The van der Waals surface area contributed by atoms with Crippen molar-refractivity contribution in [2.45, 2.75) is 10.4 Å². The van der Waals surface area contributed by atoms with Crippen molar-refractivity contribution < 1.29 is 5.11 Å². The monoisotopic (exact) mass is 181 g/mol. The van der Waals surface area contributed by atoms with E-state index in [0.717, 1.165) is 11.3 Å². The minimum Gasteiger partial charge on any atom is -0.394 e. The molecule has 0 aliphatic carbocycles. The Hall–Kier alpha value is -0.510. The number of hydrogen-bond donors (Lipinski definition) is 2. The molecule has 2 rings (SSSR count). The van der Waals surface area contributed by atoms with Crippen LogP contribution in [0.3, 0.4) is 0 Å². The van der Waals surface area contributed by atoms with Crippen molar-refractivity contribution in [1.29, 1.82) is 0 Å². The van der Waals surface area contributed by atoms with E-state index in [0.29, 0.717) is 0 Å². The number of hydrogen-bond acceptors (Lipinski definition) is 3. The average Bonchev–Trinajstić information content (AvgIpc) is 2.46. The Labute approximate surface area is 75.8 Å². The molecule has 1 unspecified atom stereocenters. The Morgan fingerprint density at radius 2 is 2.25 bits per heavy atom. The summed E-state index contributed by atoms with van der Waals surface area (Å²) in [5.41, 5.74) is 6.57. The third-order valence-corrected chi connectivity index (χ3v) is 3.52. The molecule has 1 aromatic rings. The smallest absolute Gasteiger partial charge is 0.0750 e. The van der Waals surface area contributed by atoms with Gasteiger partial charge in [-0.15, -0.1) is 11.8 Å². The van der Waals surface area contributed by atoms with Gasteiger partial charge in [0.05, 0.1) is 12.1 Å². The number of fused-ring (bicyclic) bond motifs is 1. The second-order valence-electron chi connectivity index (χ2n) is 3.10. The molecule has 3 heteroatoms. The zero-order valence-corrected chi connectivity index (χ0v) is 7.47. The molecule has 12 heavy (non-hydrogen) atoms. The predicted molar refractivity (Wildman–Crippen MR) is 50.1 cm³/mol. The van der Waals surface area contributed by atoms with Crippen molar-refractivity contribution in [3.8, 4) is 0 Å². The summed E-state index contributed by atoms with van der Waals surface area (Å²) in [5, 5.41) is 9.13. The summed E-state index contributed by atoms with van der Waals surface area (Å²) in [7, 11) is 0. The fourth-order valence-corrected chi connectivity index (χ4v) is 2.68. The summed E-state index contributed by atoms with van der Waals surface area (Å²) in [6, 6.07) is 7.99. The molecule has 0 radical (unpaired) electrons. The van der Waals surface area contributed by atoms with Gasteiger partial charge in [-0.25, -0.2) is 0 Å². The van der Waals surface area contributed by atoms with E-state index in [1.165, 1.54) is 4.90 Å². The molecule has 1 aliphatic heterocycles. The molecule has 0 aromatic heterocycles. The van der Waals surface area contributed by atoms with Crippen molar-refractivity contribution in [3.05, 3.63) is 29.8 Å². The SMILES string of the molecule is NC1(CO)CSc2ccccc21. The van der Waals surface area contributed by atoms with Gasteiger partial charge in [-0.1, -0.05) is 18.2 Å². The average molecular weight is 181 g/mol. The molecular weight excluding hydrogens is 170 g/mol. The molecule has 0 fully saturated rings. The summed E-state index contributed by atoms with van der Waals surface area (Å²) in [4.78, 5) is 1.20. The Bertz CT molecular complexity index is 302. The van der Waals surface area contributed by atoms with Crippen LogP contribution in [0.5, 0.6) is 0 Å². The normalized spacial score (nSPS) is 27.2. The lowest BCUT2D eigenvalue weighted by atomic mass is 9.95. The number of rotatable bonds is 1. The van der Waals surface area contributed by atoms with E-state index in [9.17, 15) is 0 Å². The zero-order valence-electron chi connectivity index (χ0n) is 6.66. The molecule has 0 spiro atoms. The molecule has 64 valence electrons. The standard InChI is InChI=1S/C9H11NOS/c10-9(5-11)6-12-8-4-2-1-3-7(8)9/h1-4,11H,5-6,10H2. The summed E-state index contributed by atoms with van der Waals surface area (Å²) in [6.45, 7) is 0.0248. The largest absolute Gasteiger partial charge is 0.394 e. The molecule has 1 atom stereocenters. The Morgan fingerprint density at radius 3 is 3.00 bits per heavy atom. The van der Waals surface area contributed by atoms with Gasteiger partial charge in [0.15, 0.2) is 0 Å². The number of benzene rings is 1. The maximum atomic E-state index is 9.13. The molecule has 1 aliphatic rings. The maximum Gasteiger partial charge on any atom is 0.0750 e. The molecule has 0 bridgehead atoms. The lowest BCUT2D eigenvalue weighted by molar-refractivity contribution is 0.214. The lowest BCUT2D eigenvalue weighted by Crippen LogP contribution is -2.40. The van der Waals surface area contributed by atoms with Crippen LogP contribution in [0, 0.1) is 0 Å². The van der Waals surface area contributed by atoms with Gasteiger partial charge in [-0.2, -0.15) is 0 Å². The molecule has 0 saturated heterocycles. The van der Waals surface area contributed by atoms with Crippen molar-refractivity contribution in [3.63, 3.8) is 0 Å². The fraction of sp³-hybridized carbons (Fsp3) is 0.333. The van der Waals surface area contributed by atoms with Crippen LogP contribution < -0.4 is 5.73 Å². The summed E-state index contributed by atoms with van der Waals surface area (Å²) in [5.74, 6) is 0.781. The van der Waals surface area contributed by atoms with Crippen molar-refractivity contribution in [1.82, 2.24) is 0 Å². The van der Waals surface area contributed by atoms with Gasteiger partial charge in [-0.3, -0.25) is 0 Å². The molecule has 0 saturated carbocycles. The second-order valence-corrected chi connectivity index (χ2v) is 4.12. The molecule has 1 aromatic carbocycles. The van der Waals surface area contributed by atoms with Crippen molar-refractivity contribution in [2.24, 2.45) is 5.73 Å². The van der Waals surface area contributed by atoms with E-state index in [4.69, 9.17) is 10.8 Å². The fourth-order valence-electron chi connectivity index (χ4n) is 1.42. The van der Waals surface area contributed by atoms with Crippen LogP contribution in [-0.4, -0.2) is 17.5 Å². The van der Waals surface area contributed by atoms with Gasteiger partial charge in [0, 0.05) is 10.6 Å². The van der Waals surface area contributed by atoms with Gasteiger partial charge < -0.3 is 10.8 Å². The predicted octanol–water partition coefficient (Wildman–Crippen LogP) is 0.939. The minimum atomic E-state index is -0.513. The van der Waals surface area contributed by atoms with Crippen LogP contribution in [0.15, 0.2) is 29.2 Å². The van der Waals surface area contributed by atoms with E-state index in [1.54, 1.807) is 11.8 Å². The first kappa shape index (κ1) is 8.10. The second kappa shape index (κ2) is 2.76.